The van der Waals surface area contributed by atoms with Gasteiger partial charge < -0.3 is 15.0 Å². The molecule has 27 heavy (non-hydrogen) atoms. The summed E-state index contributed by atoms with van der Waals surface area (Å²) in [7, 11) is 1.52. The predicted octanol–water partition coefficient (Wildman–Crippen LogP) is 2.78. The number of carbonyl (C=O) groups excluding carboxylic acids is 2. The summed E-state index contributed by atoms with van der Waals surface area (Å²) in [6.07, 6.45) is 0.140. The van der Waals surface area contributed by atoms with Crippen molar-refractivity contribution >= 4 is 17.5 Å². The Morgan fingerprint density at radius 3 is 2.41 bits per heavy atom. The van der Waals surface area contributed by atoms with Gasteiger partial charge in [-0.3, -0.25) is 9.59 Å². The van der Waals surface area contributed by atoms with Gasteiger partial charge >= 0.3 is 0 Å². The Morgan fingerprint density at radius 2 is 1.81 bits per heavy atom. The average molecular weight is 378 g/mol. The van der Waals surface area contributed by atoms with E-state index in [0.717, 1.165) is 0 Å². The zero-order valence-corrected chi connectivity index (χ0v) is 14.5. The molecule has 1 atom stereocenters. The van der Waals surface area contributed by atoms with E-state index in [1.54, 1.807) is 24.3 Å². The lowest BCUT2D eigenvalue weighted by molar-refractivity contribution is -0.125. The summed E-state index contributed by atoms with van der Waals surface area (Å²) in [5, 5.41) is 2.53. The van der Waals surface area contributed by atoms with Crippen LogP contribution in [-0.4, -0.2) is 25.4 Å². The fourth-order valence-corrected chi connectivity index (χ4v) is 2.92. The monoisotopic (exact) mass is 378 g/mol. The van der Waals surface area contributed by atoms with E-state index in [0.29, 0.717) is 23.6 Å². The SMILES string of the molecule is CNC(=O)C1CC(=O)N(c2ccc(OCc3c(F)cc(F)cc3F)cc2)C1. The first kappa shape index (κ1) is 18.8. The van der Waals surface area contributed by atoms with Gasteiger partial charge in [0.25, 0.3) is 0 Å². The van der Waals surface area contributed by atoms with Gasteiger partial charge in [-0.2, -0.15) is 0 Å². The molecule has 0 bridgehead atoms. The number of rotatable bonds is 5. The van der Waals surface area contributed by atoms with Crippen molar-refractivity contribution in [2.75, 3.05) is 18.5 Å². The van der Waals surface area contributed by atoms with Crippen molar-refractivity contribution in [2.24, 2.45) is 5.92 Å². The van der Waals surface area contributed by atoms with Crippen LogP contribution in [0.15, 0.2) is 36.4 Å². The van der Waals surface area contributed by atoms with Crippen molar-refractivity contribution in [1.29, 1.82) is 0 Å². The topological polar surface area (TPSA) is 58.6 Å². The van der Waals surface area contributed by atoms with E-state index < -0.39 is 30.0 Å². The summed E-state index contributed by atoms with van der Waals surface area (Å²) >= 11 is 0. The maximum Gasteiger partial charge on any atom is 0.227 e. The van der Waals surface area contributed by atoms with Gasteiger partial charge in [0.1, 0.15) is 29.8 Å². The van der Waals surface area contributed by atoms with Gasteiger partial charge in [-0.05, 0) is 24.3 Å². The number of benzene rings is 2. The van der Waals surface area contributed by atoms with Crippen LogP contribution in [0.25, 0.3) is 0 Å². The van der Waals surface area contributed by atoms with Gasteiger partial charge in [0.15, 0.2) is 0 Å². The minimum Gasteiger partial charge on any atom is -0.489 e. The van der Waals surface area contributed by atoms with Crippen LogP contribution in [0.3, 0.4) is 0 Å². The van der Waals surface area contributed by atoms with Crippen molar-refractivity contribution in [3.8, 4) is 5.75 Å². The van der Waals surface area contributed by atoms with Gasteiger partial charge in [0, 0.05) is 37.8 Å². The Labute approximate surface area is 153 Å². The van der Waals surface area contributed by atoms with E-state index in [1.165, 1.54) is 11.9 Å². The van der Waals surface area contributed by atoms with Crippen LogP contribution >= 0.6 is 0 Å². The number of hydrogen-bond donors (Lipinski definition) is 1. The lowest BCUT2D eigenvalue weighted by Crippen LogP contribution is -2.30. The minimum atomic E-state index is -1.02. The predicted molar refractivity (Wildman–Crippen MR) is 91.6 cm³/mol. The van der Waals surface area contributed by atoms with E-state index in [1.807, 2.05) is 0 Å². The highest BCUT2D eigenvalue weighted by Gasteiger charge is 2.34. The summed E-state index contributed by atoms with van der Waals surface area (Å²) in [5.41, 5.74) is 0.224. The average Bonchev–Trinajstić information content (AvgIpc) is 3.02. The first-order valence-corrected chi connectivity index (χ1v) is 8.27. The molecule has 5 nitrogen and oxygen atoms in total. The van der Waals surface area contributed by atoms with Crippen LogP contribution in [0.1, 0.15) is 12.0 Å². The number of anilines is 1. The van der Waals surface area contributed by atoms with Crippen molar-refractivity contribution in [1.82, 2.24) is 5.32 Å². The zero-order valence-electron chi connectivity index (χ0n) is 14.5. The molecule has 2 amide bonds. The molecule has 0 radical (unpaired) electrons. The third kappa shape index (κ3) is 4.05. The quantitative estimate of drug-likeness (QED) is 0.871. The minimum absolute atomic E-state index is 0.140. The smallest absolute Gasteiger partial charge is 0.227 e. The van der Waals surface area contributed by atoms with Crippen molar-refractivity contribution in [3.05, 3.63) is 59.4 Å². The number of halogens is 3. The normalized spacial score (nSPS) is 16.5. The van der Waals surface area contributed by atoms with Crippen molar-refractivity contribution < 1.29 is 27.5 Å². The highest BCUT2D eigenvalue weighted by atomic mass is 19.1. The van der Waals surface area contributed by atoms with Crippen LogP contribution in [0.4, 0.5) is 18.9 Å². The van der Waals surface area contributed by atoms with Gasteiger partial charge in [0.2, 0.25) is 11.8 Å². The maximum absolute atomic E-state index is 13.6. The number of carbonyl (C=O) groups is 2. The molecule has 1 aliphatic rings. The standard InChI is InChI=1S/C19H17F3N2O3/c1-23-19(26)11-6-18(25)24(9-11)13-2-4-14(5-3-13)27-10-15-16(21)7-12(20)8-17(15)22/h2-5,7-8,11H,6,9-10H2,1H3,(H,23,26). The first-order chi connectivity index (χ1) is 12.9. The molecule has 8 heteroatoms. The van der Waals surface area contributed by atoms with E-state index >= 15 is 0 Å². The number of nitrogens with zero attached hydrogens (tertiary/aromatic N) is 1. The Bertz CT molecular complexity index is 848. The molecule has 0 aromatic heterocycles. The van der Waals surface area contributed by atoms with Crippen LogP contribution in [0.5, 0.6) is 5.75 Å². The van der Waals surface area contributed by atoms with E-state index in [-0.39, 0.29) is 30.3 Å². The van der Waals surface area contributed by atoms with Crippen molar-refractivity contribution in [2.45, 2.75) is 13.0 Å². The van der Waals surface area contributed by atoms with Gasteiger partial charge in [-0.1, -0.05) is 0 Å². The molecule has 1 heterocycles. The summed E-state index contributed by atoms with van der Waals surface area (Å²) in [4.78, 5) is 25.3. The zero-order chi connectivity index (χ0) is 19.6. The molecule has 2 aromatic carbocycles. The molecule has 0 aliphatic carbocycles. The van der Waals surface area contributed by atoms with Gasteiger partial charge in [-0.15, -0.1) is 0 Å². The van der Waals surface area contributed by atoms with E-state index in [2.05, 4.69) is 5.32 Å². The van der Waals surface area contributed by atoms with Crippen LogP contribution < -0.4 is 15.0 Å². The third-order valence-electron chi connectivity index (χ3n) is 4.38. The number of ether oxygens (including phenoxy) is 1. The third-order valence-corrected chi connectivity index (χ3v) is 4.38. The highest BCUT2D eigenvalue weighted by molar-refractivity contribution is 6.00. The van der Waals surface area contributed by atoms with Gasteiger partial charge in [-0.25, -0.2) is 13.2 Å². The summed E-state index contributed by atoms with van der Waals surface area (Å²) in [6.45, 7) is -0.122. The first-order valence-electron chi connectivity index (χ1n) is 8.27. The Hall–Kier alpha value is -3.03. The Morgan fingerprint density at radius 1 is 1.19 bits per heavy atom. The lowest BCUT2D eigenvalue weighted by Gasteiger charge is -2.17. The van der Waals surface area contributed by atoms with Crippen molar-refractivity contribution in [3.63, 3.8) is 0 Å². The summed E-state index contributed by atoms with van der Waals surface area (Å²) in [6, 6.07) is 7.53. The van der Waals surface area contributed by atoms with Crippen LogP contribution in [0, 0.1) is 23.4 Å². The number of nitrogens with one attached hydrogen (secondary N) is 1. The van der Waals surface area contributed by atoms with Crippen LogP contribution in [0.2, 0.25) is 0 Å². The molecule has 0 spiro atoms. The maximum atomic E-state index is 13.6. The van der Waals surface area contributed by atoms with E-state index in [4.69, 9.17) is 4.74 Å². The largest absolute Gasteiger partial charge is 0.489 e. The second-order valence-corrected chi connectivity index (χ2v) is 6.15. The summed E-state index contributed by atoms with van der Waals surface area (Å²) < 4.78 is 45.5. The lowest BCUT2D eigenvalue weighted by atomic mass is 10.1. The second-order valence-electron chi connectivity index (χ2n) is 6.15. The molecule has 3 rings (SSSR count). The molecular weight excluding hydrogens is 361 g/mol. The molecule has 1 fully saturated rings. The highest BCUT2D eigenvalue weighted by Crippen LogP contribution is 2.27. The molecule has 2 aromatic rings. The molecule has 1 saturated heterocycles. The second kappa shape index (κ2) is 7.69. The number of amides is 2. The molecule has 1 aliphatic heterocycles. The molecule has 142 valence electrons. The number of hydrogen-bond acceptors (Lipinski definition) is 3. The van der Waals surface area contributed by atoms with E-state index in [9.17, 15) is 22.8 Å². The fourth-order valence-electron chi connectivity index (χ4n) is 2.92. The molecular formula is C19H17F3N2O3. The molecule has 1 N–H and O–H groups in total. The van der Waals surface area contributed by atoms with Gasteiger partial charge in [0.05, 0.1) is 11.5 Å². The Kier molecular flexibility index (Phi) is 5.34. The fraction of sp³-hybridized carbons (Fsp3) is 0.263. The van der Waals surface area contributed by atoms with Crippen LogP contribution in [-0.2, 0) is 16.2 Å². The summed E-state index contributed by atoms with van der Waals surface area (Å²) in [5.74, 6) is -3.46. The molecule has 1 unspecified atom stereocenters. The molecule has 0 saturated carbocycles. The Balaban J connectivity index is 1.66.